The van der Waals surface area contributed by atoms with Crippen molar-refractivity contribution < 1.29 is 24.6 Å². The van der Waals surface area contributed by atoms with Gasteiger partial charge in [-0.2, -0.15) is 0 Å². The van der Waals surface area contributed by atoms with Gasteiger partial charge < -0.3 is 20.1 Å². The van der Waals surface area contributed by atoms with E-state index in [1.54, 1.807) is 20.2 Å². The molecule has 100 valence electrons. The van der Waals surface area contributed by atoms with E-state index in [2.05, 4.69) is 11.7 Å². The molecule has 6 nitrogen and oxygen atoms in total. The van der Waals surface area contributed by atoms with E-state index < -0.39 is 18.1 Å². The number of ether oxygens (including phenoxy) is 1. The number of quaternary nitrogens is 1. The van der Waals surface area contributed by atoms with Crippen LogP contribution in [-0.4, -0.2) is 66.8 Å². The van der Waals surface area contributed by atoms with Crippen LogP contribution in [0, 0.1) is 0 Å². The van der Waals surface area contributed by atoms with Crippen molar-refractivity contribution in [1.29, 1.82) is 0 Å². The Hall–Kier alpha value is -0.950. The number of aliphatic hydroxyl groups excluding tert-OH is 2. The Kier molecular flexibility index (Phi) is 6.98. The molecule has 0 radical (unpaired) electrons. The molecule has 2 N–H and O–H groups in total. The zero-order chi connectivity index (χ0) is 13.5. The number of likely N-dealkylation sites (N-methyl/N-ethyl adjacent to an activating group) is 1. The second-order valence-electron chi connectivity index (χ2n) is 4.40. The number of hydrogen-bond donors (Lipinski definition) is 2. The number of hydrogen-bond acceptors (Lipinski definition) is 5. The van der Waals surface area contributed by atoms with Gasteiger partial charge in [0.25, 0.3) is 0 Å². The van der Waals surface area contributed by atoms with Gasteiger partial charge in [0.15, 0.2) is 0 Å². The molecule has 0 bridgehead atoms. The van der Waals surface area contributed by atoms with Gasteiger partial charge in [0.1, 0.15) is 12.6 Å². The van der Waals surface area contributed by atoms with Crippen LogP contribution in [0.2, 0.25) is 0 Å². The summed E-state index contributed by atoms with van der Waals surface area (Å²) in [6.45, 7) is 5.61. The van der Waals surface area contributed by atoms with E-state index in [1.807, 2.05) is 0 Å². The van der Waals surface area contributed by atoms with Gasteiger partial charge in [0.2, 0.25) is 0 Å². The zero-order valence-corrected chi connectivity index (χ0v) is 10.7. The summed E-state index contributed by atoms with van der Waals surface area (Å²) in [5, 5.41) is 33.7. The molecule has 0 aliphatic rings. The maximum absolute atomic E-state index is 11.2. The van der Waals surface area contributed by atoms with Crippen LogP contribution in [-0.2, 0) is 4.74 Å². The first-order valence-corrected chi connectivity index (χ1v) is 5.43. The third kappa shape index (κ3) is 7.87. The van der Waals surface area contributed by atoms with E-state index in [-0.39, 0.29) is 17.7 Å². The largest absolute Gasteiger partial charge is 0.856 e. The molecule has 0 aromatic rings. The van der Waals surface area contributed by atoms with Crippen molar-refractivity contribution in [2.24, 2.45) is 5.10 Å². The SMILES string of the molecule is C=CCOCC(O)C[N+](C)(C)N=C([O-])C(C)O. The van der Waals surface area contributed by atoms with Crippen LogP contribution in [0.1, 0.15) is 6.92 Å². The highest BCUT2D eigenvalue weighted by molar-refractivity contribution is 5.74. The molecule has 0 aromatic carbocycles. The second-order valence-corrected chi connectivity index (χ2v) is 4.40. The number of aliphatic hydroxyl groups is 2. The molecule has 2 unspecified atom stereocenters. The Labute approximate surface area is 102 Å². The quantitative estimate of drug-likeness (QED) is 0.139. The monoisotopic (exact) mass is 246 g/mol. The molecule has 0 aliphatic heterocycles. The minimum Gasteiger partial charge on any atom is -0.856 e. The summed E-state index contributed by atoms with van der Waals surface area (Å²) in [6, 6.07) is 0. The lowest BCUT2D eigenvalue weighted by Gasteiger charge is -2.28. The van der Waals surface area contributed by atoms with Gasteiger partial charge in [-0.1, -0.05) is 6.08 Å². The summed E-state index contributed by atoms with van der Waals surface area (Å²) in [5.41, 5.74) is 0. The third-order valence-electron chi connectivity index (χ3n) is 1.93. The van der Waals surface area contributed by atoms with Crippen molar-refractivity contribution in [3.8, 4) is 0 Å². The van der Waals surface area contributed by atoms with Crippen molar-refractivity contribution in [3.63, 3.8) is 0 Å². The summed E-state index contributed by atoms with van der Waals surface area (Å²) in [5.74, 6) is -0.603. The zero-order valence-electron chi connectivity index (χ0n) is 10.7. The molecule has 0 heterocycles. The average Bonchev–Trinajstić information content (AvgIpc) is 2.16. The molecular formula is C11H22N2O4. The Morgan fingerprint density at radius 3 is 2.59 bits per heavy atom. The van der Waals surface area contributed by atoms with E-state index in [1.165, 1.54) is 6.92 Å². The maximum Gasteiger partial charge on any atom is 0.131 e. The minimum atomic E-state index is -1.12. The Morgan fingerprint density at radius 1 is 1.53 bits per heavy atom. The van der Waals surface area contributed by atoms with Crippen LogP contribution in [0.5, 0.6) is 0 Å². The van der Waals surface area contributed by atoms with Crippen molar-refractivity contribution in [2.45, 2.75) is 19.1 Å². The topological polar surface area (TPSA) is 85.1 Å². The van der Waals surface area contributed by atoms with Crippen molar-refractivity contribution in [2.75, 3.05) is 33.9 Å². The van der Waals surface area contributed by atoms with Crippen LogP contribution in [0.25, 0.3) is 0 Å². The summed E-state index contributed by atoms with van der Waals surface area (Å²) in [4.78, 5) is 0. The molecule has 0 saturated carbocycles. The fourth-order valence-electron chi connectivity index (χ4n) is 1.25. The standard InChI is InChI=1S/C11H22N2O4/c1-5-6-17-8-10(15)7-13(3,4)12-11(16)9(2)14/h5,9-10,14-15H,1,6-8H2,2-4H3. The smallest absolute Gasteiger partial charge is 0.131 e. The molecule has 0 aromatic heterocycles. The van der Waals surface area contributed by atoms with Crippen molar-refractivity contribution in [1.82, 2.24) is 0 Å². The molecule has 0 saturated heterocycles. The molecule has 0 fully saturated rings. The summed E-state index contributed by atoms with van der Waals surface area (Å²) < 4.78 is 5.04. The third-order valence-corrected chi connectivity index (χ3v) is 1.93. The number of rotatable bonds is 8. The van der Waals surface area contributed by atoms with Gasteiger partial charge in [-0.3, -0.25) is 0 Å². The van der Waals surface area contributed by atoms with E-state index in [9.17, 15) is 10.2 Å². The maximum atomic E-state index is 11.2. The Morgan fingerprint density at radius 2 is 2.12 bits per heavy atom. The lowest BCUT2D eigenvalue weighted by molar-refractivity contribution is -0.901. The van der Waals surface area contributed by atoms with Gasteiger partial charge >= 0.3 is 0 Å². The van der Waals surface area contributed by atoms with Gasteiger partial charge in [-0.25, -0.2) is 4.59 Å². The molecule has 6 heteroatoms. The van der Waals surface area contributed by atoms with Crippen LogP contribution < -0.4 is 5.11 Å². The highest BCUT2D eigenvalue weighted by Gasteiger charge is 2.20. The first-order valence-electron chi connectivity index (χ1n) is 5.43. The van der Waals surface area contributed by atoms with E-state index in [0.717, 1.165) is 0 Å². The molecule has 17 heavy (non-hydrogen) atoms. The van der Waals surface area contributed by atoms with Gasteiger partial charge in [0, 0.05) is 5.90 Å². The number of nitrogens with zero attached hydrogens (tertiary/aromatic N) is 2. The average molecular weight is 246 g/mol. The van der Waals surface area contributed by atoms with Gasteiger partial charge in [-0.05, 0) is 6.92 Å². The molecule has 0 spiro atoms. The Balaban J connectivity index is 4.24. The van der Waals surface area contributed by atoms with Crippen molar-refractivity contribution in [3.05, 3.63) is 12.7 Å². The fraction of sp³-hybridized carbons (Fsp3) is 0.727. The van der Waals surface area contributed by atoms with E-state index in [4.69, 9.17) is 9.84 Å². The van der Waals surface area contributed by atoms with Crippen LogP contribution in [0.4, 0.5) is 0 Å². The first-order chi connectivity index (χ1) is 7.78. The van der Waals surface area contributed by atoms with Crippen LogP contribution >= 0.6 is 0 Å². The molecular weight excluding hydrogens is 224 g/mol. The molecule has 2 atom stereocenters. The van der Waals surface area contributed by atoms with E-state index in [0.29, 0.717) is 6.61 Å². The fourth-order valence-corrected chi connectivity index (χ4v) is 1.25. The molecule has 0 aliphatic carbocycles. The predicted molar refractivity (Wildman–Crippen MR) is 63.1 cm³/mol. The predicted octanol–water partition coefficient (Wildman–Crippen LogP) is -1.32. The highest BCUT2D eigenvalue weighted by atomic mass is 16.5. The summed E-state index contributed by atoms with van der Waals surface area (Å²) in [7, 11) is 3.33. The van der Waals surface area contributed by atoms with Gasteiger partial charge in [0.05, 0.1) is 33.4 Å². The lowest BCUT2D eigenvalue weighted by Crippen LogP contribution is -2.45. The van der Waals surface area contributed by atoms with Crippen molar-refractivity contribution >= 4 is 5.90 Å². The highest BCUT2D eigenvalue weighted by Crippen LogP contribution is 2.03. The Bertz CT molecular complexity index is 264. The summed E-state index contributed by atoms with van der Waals surface area (Å²) >= 11 is 0. The normalized spacial score (nSPS) is 16.6. The minimum absolute atomic E-state index is 0.0532. The molecule has 0 amide bonds. The van der Waals surface area contributed by atoms with Gasteiger partial charge in [-0.15, -0.1) is 11.7 Å². The van der Waals surface area contributed by atoms with Crippen LogP contribution in [0.15, 0.2) is 17.8 Å². The summed E-state index contributed by atoms with van der Waals surface area (Å²) in [6.07, 6.45) is -0.259. The molecule has 0 rings (SSSR count). The van der Waals surface area contributed by atoms with Crippen LogP contribution in [0.3, 0.4) is 0 Å². The second kappa shape index (κ2) is 7.39. The van der Waals surface area contributed by atoms with E-state index >= 15 is 0 Å². The lowest BCUT2D eigenvalue weighted by atomic mass is 10.3. The first kappa shape index (κ1) is 16.1.